The first-order chi connectivity index (χ1) is 9.31. The molecule has 3 nitrogen and oxygen atoms in total. The van der Waals surface area contributed by atoms with Gasteiger partial charge in [-0.25, -0.2) is 0 Å². The molecule has 0 amide bonds. The summed E-state index contributed by atoms with van der Waals surface area (Å²) in [6, 6.07) is 6.34. The highest BCUT2D eigenvalue weighted by Crippen LogP contribution is 2.25. The third-order valence-electron chi connectivity index (χ3n) is 2.77. The van der Waals surface area contributed by atoms with Gasteiger partial charge in [0.25, 0.3) is 0 Å². The molecule has 0 N–H and O–H groups in total. The Kier molecular flexibility index (Phi) is 9.99. The van der Waals surface area contributed by atoms with E-state index in [4.69, 9.17) is 9.47 Å². The lowest BCUT2D eigenvalue weighted by Gasteiger charge is -2.29. The third-order valence-corrected chi connectivity index (χ3v) is 2.77. The van der Waals surface area contributed by atoms with Crippen LogP contribution in [0.3, 0.4) is 0 Å². The molecule has 1 aliphatic heterocycles. The maximum absolute atomic E-state index is 5.33. The van der Waals surface area contributed by atoms with E-state index in [2.05, 4.69) is 30.0 Å². The topological polar surface area (TPSA) is 21.7 Å². The molecule has 0 spiro atoms. The molecule has 1 heterocycles. The number of hydrogen-bond acceptors (Lipinski definition) is 3. The molecule has 0 aromatic heterocycles. The first kappa shape index (κ1) is 17.8. The van der Waals surface area contributed by atoms with Crippen molar-refractivity contribution < 1.29 is 9.47 Å². The van der Waals surface area contributed by atoms with Gasteiger partial charge in [0, 0.05) is 24.8 Å². The number of ether oxygens (including phenoxy) is 2. The maximum Gasteiger partial charge on any atom is 0.123 e. The Bertz CT molecular complexity index is 334. The highest BCUT2D eigenvalue weighted by atomic mass is 16.5. The van der Waals surface area contributed by atoms with E-state index in [1.165, 1.54) is 11.3 Å². The molecule has 1 aliphatic rings. The lowest BCUT2D eigenvalue weighted by molar-refractivity contribution is 0.122. The van der Waals surface area contributed by atoms with Gasteiger partial charge >= 0.3 is 0 Å². The van der Waals surface area contributed by atoms with Gasteiger partial charge in [-0.05, 0) is 18.6 Å². The number of nitrogens with zero attached hydrogens (tertiary/aromatic N) is 1. The van der Waals surface area contributed by atoms with Crippen LogP contribution in [0.15, 0.2) is 18.2 Å². The second-order valence-electron chi connectivity index (χ2n) is 3.75. The van der Waals surface area contributed by atoms with Crippen molar-refractivity contribution in [3.8, 4) is 5.75 Å². The highest BCUT2D eigenvalue weighted by molar-refractivity contribution is 5.53. The summed E-state index contributed by atoms with van der Waals surface area (Å²) in [5.41, 5.74) is 2.40. The number of anilines is 1. The fourth-order valence-electron chi connectivity index (χ4n) is 1.83. The number of methoxy groups -OCH3 is 1. The van der Waals surface area contributed by atoms with E-state index in [9.17, 15) is 0 Å². The summed E-state index contributed by atoms with van der Waals surface area (Å²) in [6.45, 7) is 13.6. The molecule has 3 heteroatoms. The standard InChI is InChI=1S/C12H17NO2.2C2H6/c1-10-3-4-11(9-12(10)14-2)13-5-7-15-8-6-13;2*1-2/h3-4,9H,5-8H2,1-2H3;2*1-2H3. The van der Waals surface area contributed by atoms with Crippen molar-refractivity contribution in [3.63, 3.8) is 0 Å². The Morgan fingerprint density at radius 2 is 1.63 bits per heavy atom. The van der Waals surface area contributed by atoms with Gasteiger partial charge in [0.15, 0.2) is 0 Å². The van der Waals surface area contributed by atoms with E-state index in [-0.39, 0.29) is 0 Å². The number of benzene rings is 1. The first-order valence-corrected chi connectivity index (χ1v) is 7.28. The summed E-state index contributed by atoms with van der Waals surface area (Å²) >= 11 is 0. The highest BCUT2D eigenvalue weighted by Gasteiger charge is 2.12. The normalized spacial score (nSPS) is 13.7. The van der Waals surface area contributed by atoms with Gasteiger partial charge in [0.2, 0.25) is 0 Å². The van der Waals surface area contributed by atoms with Gasteiger partial charge in [-0.2, -0.15) is 0 Å². The van der Waals surface area contributed by atoms with Crippen molar-refractivity contribution >= 4 is 5.69 Å². The van der Waals surface area contributed by atoms with Crippen molar-refractivity contribution in [3.05, 3.63) is 23.8 Å². The summed E-state index contributed by atoms with van der Waals surface area (Å²) in [5.74, 6) is 0.957. The van der Waals surface area contributed by atoms with Crippen LogP contribution in [-0.4, -0.2) is 33.4 Å². The molecule has 0 aliphatic carbocycles. The summed E-state index contributed by atoms with van der Waals surface area (Å²) < 4.78 is 10.6. The third kappa shape index (κ3) is 5.52. The molecular formula is C16H29NO2. The molecule has 1 saturated heterocycles. The Balaban J connectivity index is 0.000000741. The minimum atomic E-state index is 0.816. The van der Waals surface area contributed by atoms with Gasteiger partial charge in [0.05, 0.1) is 20.3 Å². The SMILES string of the molecule is CC.CC.COc1cc(N2CCOCC2)ccc1C. The number of aryl methyl sites for hydroxylation is 1. The Morgan fingerprint density at radius 3 is 2.16 bits per heavy atom. The number of morpholine rings is 1. The van der Waals surface area contributed by atoms with Crippen molar-refractivity contribution in [1.82, 2.24) is 0 Å². The lowest BCUT2D eigenvalue weighted by Crippen LogP contribution is -2.36. The molecule has 1 fully saturated rings. The second kappa shape index (κ2) is 10.7. The Labute approximate surface area is 118 Å². The van der Waals surface area contributed by atoms with E-state index < -0.39 is 0 Å². The van der Waals surface area contributed by atoms with Gasteiger partial charge in [-0.15, -0.1) is 0 Å². The fraction of sp³-hybridized carbons (Fsp3) is 0.625. The molecule has 1 aromatic rings. The van der Waals surface area contributed by atoms with Crippen molar-refractivity contribution in [2.45, 2.75) is 34.6 Å². The molecule has 110 valence electrons. The lowest BCUT2D eigenvalue weighted by atomic mass is 10.2. The zero-order valence-corrected chi connectivity index (χ0v) is 13.3. The van der Waals surface area contributed by atoms with Crippen molar-refractivity contribution in [2.75, 3.05) is 38.3 Å². The number of rotatable bonds is 2. The summed E-state index contributed by atoms with van der Waals surface area (Å²) in [7, 11) is 1.71. The van der Waals surface area contributed by atoms with E-state index in [1.807, 2.05) is 27.7 Å². The van der Waals surface area contributed by atoms with E-state index in [1.54, 1.807) is 7.11 Å². The predicted octanol–water partition coefficient (Wildman–Crippen LogP) is 3.89. The second-order valence-corrected chi connectivity index (χ2v) is 3.75. The van der Waals surface area contributed by atoms with Gasteiger partial charge in [-0.1, -0.05) is 33.8 Å². The largest absolute Gasteiger partial charge is 0.496 e. The summed E-state index contributed by atoms with van der Waals surface area (Å²) in [4.78, 5) is 2.32. The van der Waals surface area contributed by atoms with Crippen LogP contribution in [0.4, 0.5) is 5.69 Å². The maximum atomic E-state index is 5.33. The van der Waals surface area contributed by atoms with Crippen LogP contribution < -0.4 is 9.64 Å². The first-order valence-electron chi connectivity index (χ1n) is 7.28. The molecule has 2 rings (SSSR count). The van der Waals surface area contributed by atoms with Gasteiger partial charge < -0.3 is 14.4 Å². The van der Waals surface area contributed by atoms with Crippen LogP contribution in [0.5, 0.6) is 5.75 Å². The Hall–Kier alpha value is -1.22. The summed E-state index contributed by atoms with van der Waals surface area (Å²) in [5, 5.41) is 0. The quantitative estimate of drug-likeness (QED) is 0.811. The van der Waals surface area contributed by atoms with Crippen LogP contribution in [0.2, 0.25) is 0 Å². The average Bonchev–Trinajstić information content (AvgIpc) is 2.52. The van der Waals surface area contributed by atoms with E-state index in [0.29, 0.717) is 0 Å². The molecular weight excluding hydrogens is 238 g/mol. The average molecular weight is 267 g/mol. The number of hydrogen-bond donors (Lipinski definition) is 0. The smallest absolute Gasteiger partial charge is 0.123 e. The van der Waals surface area contributed by atoms with Crippen LogP contribution in [0.1, 0.15) is 33.3 Å². The van der Waals surface area contributed by atoms with Crippen LogP contribution in [0, 0.1) is 6.92 Å². The van der Waals surface area contributed by atoms with Crippen LogP contribution in [-0.2, 0) is 4.74 Å². The zero-order chi connectivity index (χ0) is 14.7. The van der Waals surface area contributed by atoms with Crippen molar-refractivity contribution in [1.29, 1.82) is 0 Å². The monoisotopic (exact) mass is 267 g/mol. The van der Waals surface area contributed by atoms with Gasteiger partial charge in [0.1, 0.15) is 5.75 Å². The summed E-state index contributed by atoms with van der Waals surface area (Å²) in [6.07, 6.45) is 0. The van der Waals surface area contributed by atoms with E-state index in [0.717, 1.165) is 32.1 Å². The molecule has 1 aromatic carbocycles. The molecule has 19 heavy (non-hydrogen) atoms. The van der Waals surface area contributed by atoms with E-state index >= 15 is 0 Å². The molecule has 0 unspecified atom stereocenters. The van der Waals surface area contributed by atoms with Crippen LogP contribution >= 0.6 is 0 Å². The van der Waals surface area contributed by atoms with Crippen LogP contribution in [0.25, 0.3) is 0 Å². The molecule has 0 radical (unpaired) electrons. The minimum absolute atomic E-state index is 0.816. The minimum Gasteiger partial charge on any atom is -0.496 e. The fourth-order valence-corrected chi connectivity index (χ4v) is 1.83. The predicted molar refractivity (Wildman–Crippen MR) is 83.5 cm³/mol. The molecule has 0 saturated carbocycles. The van der Waals surface area contributed by atoms with Gasteiger partial charge in [-0.3, -0.25) is 0 Å². The molecule has 0 bridgehead atoms. The molecule has 0 atom stereocenters. The van der Waals surface area contributed by atoms with Crippen molar-refractivity contribution in [2.24, 2.45) is 0 Å². The Morgan fingerprint density at radius 1 is 1.05 bits per heavy atom. The zero-order valence-electron chi connectivity index (χ0n) is 13.3.